The van der Waals surface area contributed by atoms with Crippen molar-refractivity contribution in [1.29, 1.82) is 0 Å². The molecule has 1 aromatic carbocycles. The van der Waals surface area contributed by atoms with Crippen LogP contribution in [0.2, 0.25) is 0 Å². The molecule has 3 heterocycles. The highest BCUT2D eigenvalue weighted by Gasteiger charge is 2.46. The number of H-pyrrole nitrogens is 1. The molecule has 4 rings (SSSR count). The average molecular weight is 437 g/mol. The van der Waals surface area contributed by atoms with Gasteiger partial charge in [0.1, 0.15) is 5.69 Å². The number of aromatic amines is 1. The Morgan fingerprint density at radius 3 is 2.47 bits per heavy atom. The van der Waals surface area contributed by atoms with E-state index in [1.54, 1.807) is 18.6 Å². The van der Waals surface area contributed by atoms with Crippen molar-refractivity contribution in [2.45, 2.75) is 16.9 Å². The SMILES string of the molecule is O=S(=O)(c1ccc(N2CCN(Cc3ccnc(-c4ncc[nH]4)c3)C2)cc1)C(F)(F)F. The van der Waals surface area contributed by atoms with Crippen LogP contribution in [0, 0.1) is 0 Å². The molecule has 0 aliphatic carbocycles. The van der Waals surface area contributed by atoms with Gasteiger partial charge in [-0.15, -0.1) is 0 Å². The fourth-order valence-electron chi connectivity index (χ4n) is 3.32. The lowest BCUT2D eigenvalue weighted by atomic mass is 10.2. The molecule has 1 N–H and O–H groups in total. The third-order valence-corrected chi connectivity index (χ3v) is 6.35. The van der Waals surface area contributed by atoms with Crippen molar-refractivity contribution < 1.29 is 21.6 Å². The van der Waals surface area contributed by atoms with Crippen molar-refractivity contribution in [3.8, 4) is 11.5 Å². The van der Waals surface area contributed by atoms with Gasteiger partial charge in [-0.2, -0.15) is 13.2 Å². The number of nitrogens with one attached hydrogen (secondary N) is 1. The number of alkyl halides is 3. The Bertz CT molecular complexity index is 1120. The first-order valence-corrected chi connectivity index (χ1v) is 10.6. The molecule has 0 amide bonds. The van der Waals surface area contributed by atoms with E-state index in [0.717, 1.165) is 29.9 Å². The maximum absolute atomic E-state index is 12.7. The van der Waals surface area contributed by atoms with Gasteiger partial charge in [0, 0.05) is 43.9 Å². The van der Waals surface area contributed by atoms with E-state index in [1.165, 1.54) is 12.1 Å². The maximum atomic E-state index is 12.7. The summed E-state index contributed by atoms with van der Waals surface area (Å²) in [4.78, 5) is 14.9. The fourth-order valence-corrected chi connectivity index (χ4v) is 4.08. The number of halogens is 3. The first kappa shape index (κ1) is 20.4. The molecule has 0 radical (unpaired) electrons. The van der Waals surface area contributed by atoms with Crippen molar-refractivity contribution in [2.75, 3.05) is 24.7 Å². The van der Waals surface area contributed by atoms with Gasteiger partial charge in [-0.25, -0.2) is 13.4 Å². The quantitative estimate of drug-likeness (QED) is 0.661. The molecule has 1 aliphatic heterocycles. The highest BCUT2D eigenvalue weighted by Crippen LogP contribution is 2.31. The van der Waals surface area contributed by atoms with Crippen LogP contribution in [-0.2, 0) is 16.4 Å². The molecule has 7 nitrogen and oxygen atoms in total. The molecule has 0 spiro atoms. The van der Waals surface area contributed by atoms with Crippen LogP contribution < -0.4 is 4.90 Å². The van der Waals surface area contributed by atoms with Gasteiger partial charge in [0.2, 0.25) is 0 Å². The van der Waals surface area contributed by atoms with Crippen molar-refractivity contribution >= 4 is 15.5 Å². The third kappa shape index (κ3) is 4.03. The molecule has 1 fully saturated rings. The third-order valence-electron chi connectivity index (χ3n) is 4.85. The predicted octanol–water partition coefficient (Wildman–Crippen LogP) is 3.04. The van der Waals surface area contributed by atoms with Crippen LogP contribution in [0.1, 0.15) is 5.56 Å². The molecule has 30 heavy (non-hydrogen) atoms. The predicted molar refractivity (Wildman–Crippen MR) is 104 cm³/mol. The van der Waals surface area contributed by atoms with Gasteiger partial charge < -0.3 is 9.88 Å². The zero-order valence-corrected chi connectivity index (χ0v) is 16.5. The Balaban J connectivity index is 1.42. The molecule has 1 saturated heterocycles. The summed E-state index contributed by atoms with van der Waals surface area (Å²) in [5.74, 6) is 0.689. The molecular formula is C19H18F3N5O2S. The second-order valence-electron chi connectivity index (χ2n) is 6.89. The lowest BCUT2D eigenvalue weighted by molar-refractivity contribution is -0.0436. The zero-order chi connectivity index (χ0) is 21.4. The highest BCUT2D eigenvalue weighted by molar-refractivity contribution is 7.92. The summed E-state index contributed by atoms with van der Waals surface area (Å²) < 4.78 is 61.0. The number of sulfone groups is 1. The maximum Gasteiger partial charge on any atom is 0.501 e. The van der Waals surface area contributed by atoms with Crippen molar-refractivity contribution in [3.05, 3.63) is 60.6 Å². The molecule has 0 saturated carbocycles. The van der Waals surface area contributed by atoms with E-state index in [4.69, 9.17) is 0 Å². The molecule has 3 aromatic rings. The lowest BCUT2D eigenvalue weighted by Crippen LogP contribution is -2.25. The first-order chi connectivity index (χ1) is 14.2. The summed E-state index contributed by atoms with van der Waals surface area (Å²) in [6, 6.07) is 8.69. The summed E-state index contributed by atoms with van der Waals surface area (Å²) in [6.45, 7) is 2.69. The minimum absolute atomic E-state index is 0.573. The molecule has 2 aromatic heterocycles. The summed E-state index contributed by atoms with van der Waals surface area (Å²) in [6.07, 6.45) is 5.11. The van der Waals surface area contributed by atoms with Gasteiger partial charge in [0.15, 0.2) is 5.82 Å². The number of aromatic nitrogens is 3. The topological polar surface area (TPSA) is 82.2 Å². The Morgan fingerprint density at radius 2 is 1.80 bits per heavy atom. The Labute approximate surface area is 171 Å². The van der Waals surface area contributed by atoms with E-state index in [0.29, 0.717) is 31.3 Å². The number of hydrogen-bond donors (Lipinski definition) is 1. The van der Waals surface area contributed by atoms with E-state index in [2.05, 4.69) is 19.9 Å². The minimum Gasteiger partial charge on any atom is -0.357 e. The summed E-state index contributed by atoms with van der Waals surface area (Å²) in [5, 5.41) is 0. The van der Waals surface area contributed by atoms with Gasteiger partial charge in [-0.1, -0.05) is 0 Å². The summed E-state index contributed by atoms with van der Waals surface area (Å²) in [5.41, 5.74) is -2.83. The summed E-state index contributed by atoms with van der Waals surface area (Å²) in [7, 11) is -5.33. The van der Waals surface area contributed by atoms with Crippen LogP contribution in [0.4, 0.5) is 18.9 Å². The van der Waals surface area contributed by atoms with Gasteiger partial charge >= 0.3 is 5.51 Å². The smallest absolute Gasteiger partial charge is 0.357 e. The van der Waals surface area contributed by atoms with E-state index >= 15 is 0 Å². The molecule has 158 valence electrons. The van der Waals surface area contributed by atoms with E-state index < -0.39 is 20.2 Å². The Hall–Kier alpha value is -2.92. The lowest BCUT2D eigenvalue weighted by Gasteiger charge is -2.20. The fraction of sp³-hybridized carbons (Fsp3) is 0.263. The monoisotopic (exact) mass is 437 g/mol. The minimum atomic E-state index is -5.33. The standard InChI is InChI=1S/C19H18F3N5O2S/c20-19(21,22)30(28,29)16-3-1-15(2-4-16)27-10-9-26(13-27)12-14-5-6-23-17(11-14)18-24-7-8-25-18/h1-8,11H,9-10,12-13H2,(H,24,25). The van der Waals surface area contributed by atoms with E-state index in [-0.39, 0.29) is 0 Å². The number of hydrogen-bond acceptors (Lipinski definition) is 6. The summed E-state index contributed by atoms with van der Waals surface area (Å²) >= 11 is 0. The van der Waals surface area contributed by atoms with Gasteiger partial charge in [0.05, 0.1) is 11.6 Å². The highest BCUT2D eigenvalue weighted by atomic mass is 32.2. The van der Waals surface area contributed by atoms with Crippen molar-refractivity contribution in [1.82, 2.24) is 19.9 Å². The van der Waals surface area contributed by atoms with Crippen LogP contribution in [-0.4, -0.2) is 53.5 Å². The first-order valence-electron chi connectivity index (χ1n) is 9.07. The normalized spacial score (nSPS) is 15.6. The number of imidazole rings is 1. The molecule has 0 unspecified atom stereocenters. The number of nitrogens with zero attached hydrogens (tertiary/aromatic N) is 4. The number of anilines is 1. The van der Waals surface area contributed by atoms with Gasteiger partial charge in [-0.3, -0.25) is 9.88 Å². The van der Waals surface area contributed by atoms with Crippen LogP contribution in [0.25, 0.3) is 11.5 Å². The molecule has 1 aliphatic rings. The van der Waals surface area contributed by atoms with E-state index in [9.17, 15) is 21.6 Å². The number of pyridine rings is 1. The van der Waals surface area contributed by atoms with Gasteiger partial charge in [0.25, 0.3) is 9.84 Å². The van der Waals surface area contributed by atoms with Crippen LogP contribution in [0.5, 0.6) is 0 Å². The molecular weight excluding hydrogens is 419 g/mol. The average Bonchev–Trinajstić information content (AvgIpc) is 3.40. The second kappa shape index (κ2) is 7.73. The van der Waals surface area contributed by atoms with Crippen molar-refractivity contribution in [2.24, 2.45) is 0 Å². The molecule has 11 heteroatoms. The van der Waals surface area contributed by atoms with Crippen LogP contribution >= 0.6 is 0 Å². The second-order valence-corrected chi connectivity index (χ2v) is 8.83. The van der Waals surface area contributed by atoms with E-state index in [1.807, 2.05) is 17.0 Å². The van der Waals surface area contributed by atoms with Gasteiger partial charge in [-0.05, 0) is 42.0 Å². The largest absolute Gasteiger partial charge is 0.501 e. The Kier molecular flexibility index (Phi) is 5.24. The zero-order valence-electron chi connectivity index (χ0n) is 15.7. The van der Waals surface area contributed by atoms with Crippen LogP contribution in [0.3, 0.4) is 0 Å². The number of rotatable bonds is 5. The molecule has 0 atom stereocenters. The molecule has 0 bridgehead atoms. The Morgan fingerprint density at radius 1 is 1.03 bits per heavy atom. The van der Waals surface area contributed by atoms with Crippen molar-refractivity contribution in [3.63, 3.8) is 0 Å². The number of benzene rings is 1. The van der Waals surface area contributed by atoms with Crippen LogP contribution in [0.15, 0.2) is 59.9 Å².